The van der Waals surface area contributed by atoms with Crippen molar-refractivity contribution in [1.82, 2.24) is 9.88 Å². The van der Waals surface area contributed by atoms with Gasteiger partial charge in [-0.15, -0.1) is 0 Å². The number of methoxy groups -OCH3 is 1. The van der Waals surface area contributed by atoms with Gasteiger partial charge in [0, 0.05) is 30.7 Å². The number of fused-ring (bicyclic) bond motifs is 1. The predicted molar refractivity (Wildman–Crippen MR) is 121 cm³/mol. The topological polar surface area (TPSA) is 43.3 Å². The van der Waals surface area contributed by atoms with Crippen molar-refractivity contribution in [3.8, 4) is 16.9 Å². The minimum absolute atomic E-state index is 0.0691. The first kappa shape index (κ1) is 19.3. The molecule has 0 aliphatic heterocycles. The smallest absolute Gasteiger partial charge is 0.253 e. The number of hydrogen-bond acceptors (Lipinski definition) is 2. The lowest BCUT2D eigenvalue weighted by molar-refractivity contribution is 0.0964. The van der Waals surface area contributed by atoms with Gasteiger partial charge in [0.1, 0.15) is 5.75 Å². The fourth-order valence-electron chi connectivity index (χ4n) is 3.54. The van der Waals surface area contributed by atoms with Crippen molar-refractivity contribution in [2.45, 2.75) is 6.54 Å². The molecule has 0 spiro atoms. The van der Waals surface area contributed by atoms with Gasteiger partial charge < -0.3 is 14.6 Å². The molecule has 4 nitrogen and oxygen atoms in total. The van der Waals surface area contributed by atoms with Crippen LogP contribution in [0.5, 0.6) is 5.75 Å². The van der Waals surface area contributed by atoms with Crippen molar-refractivity contribution >= 4 is 32.7 Å². The quantitative estimate of drug-likeness (QED) is 0.438. The summed E-state index contributed by atoms with van der Waals surface area (Å²) in [6, 6.07) is 22.5. The van der Waals surface area contributed by atoms with Crippen LogP contribution in [0.1, 0.15) is 15.9 Å². The molecule has 29 heavy (non-hydrogen) atoms. The Bertz CT molecular complexity index is 1180. The third-order valence-corrected chi connectivity index (χ3v) is 5.67. The molecule has 0 saturated heterocycles. The Balaban J connectivity index is 1.63. The number of halogens is 1. The summed E-state index contributed by atoms with van der Waals surface area (Å²) in [7, 11) is 3.32. The van der Waals surface area contributed by atoms with E-state index in [1.165, 1.54) is 5.56 Å². The Morgan fingerprint density at radius 1 is 1.03 bits per heavy atom. The molecule has 0 radical (unpaired) electrons. The number of aromatic nitrogens is 1. The number of benzene rings is 3. The normalized spacial score (nSPS) is 10.9. The van der Waals surface area contributed by atoms with E-state index in [-0.39, 0.29) is 5.91 Å². The van der Waals surface area contributed by atoms with Crippen LogP contribution in [0.15, 0.2) is 77.4 Å². The van der Waals surface area contributed by atoms with Gasteiger partial charge in [-0.05, 0) is 50.8 Å². The van der Waals surface area contributed by atoms with Gasteiger partial charge in [0.15, 0.2) is 0 Å². The molecule has 146 valence electrons. The average molecular weight is 449 g/mol. The minimum atomic E-state index is -0.0691. The predicted octanol–water partition coefficient (Wildman–Crippen LogP) is 5.49. The molecule has 1 aromatic heterocycles. The van der Waals surface area contributed by atoms with Gasteiger partial charge in [-0.2, -0.15) is 0 Å². The summed E-state index contributed by atoms with van der Waals surface area (Å²) < 4.78 is 8.36. The Morgan fingerprint density at radius 3 is 2.45 bits per heavy atom. The number of carbonyl (C=O) groups is 1. The summed E-state index contributed by atoms with van der Waals surface area (Å²) in [5, 5.41) is 3.69. The number of carbonyl (C=O) groups excluding carboxylic acids is 1. The molecule has 4 rings (SSSR count). The number of rotatable bonds is 5. The standard InChI is InChI=1S/C24H21BrN2O2/c1-26-24(28)20-15-27(22-6-4-3-5-19(20)22)14-16-7-9-17(10-8-16)18-11-12-23(29-2)21(25)13-18/h3-13,15H,14H2,1-2H3,(H,26,28). The van der Waals surface area contributed by atoms with Crippen LogP contribution in [-0.2, 0) is 6.54 Å². The zero-order valence-electron chi connectivity index (χ0n) is 16.3. The van der Waals surface area contributed by atoms with E-state index >= 15 is 0 Å². The summed E-state index contributed by atoms with van der Waals surface area (Å²) in [5.74, 6) is 0.747. The molecule has 1 heterocycles. The van der Waals surface area contributed by atoms with Crippen LogP contribution in [0.25, 0.3) is 22.0 Å². The lowest BCUT2D eigenvalue weighted by Gasteiger charge is -2.09. The fraction of sp³-hybridized carbons (Fsp3) is 0.125. The largest absolute Gasteiger partial charge is 0.496 e. The van der Waals surface area contributed by atoms with Gasteiger partial charge in [0.05, 0.1) is 17.1 Å². The summed E-state index contributed by atoms with van der Waals surface area (Å²) in [6.45, 7) is 0.699. The van der Waals surface area contributed by atoms with E-state index in [0.717, 1.165) is 32.3 Å². The molecule has 0 saturated carbocycles. The van der Waals surface area contributed by atoms with Crippen LogP contribution < -0.4 is 10.1 Å². The third-order valence-electron chi connectivity index (χ3n) is 5.05. The third kappa shape index (κ3) is 3.78. The molecule has 1 N–H and O–H groups in total. The lowest BCUT2D eigenvalue weighted by Crippen LogP contribution is -2.17. The molecular formula is C24H21BrN2O2. The highest BCUT2D eigenvalue weighted by Gasteiger charge is 2.13. The number of nitrogens with one attached hydrogen (secondary N) is 1. The highest BCUT2D eigenvalue weighted by Crippen LogP contribution is 2.31. The molecule has 3 aromatic carbocycles. The van der Waals surface area contributed by atoms with Crippen LogP contribution in [0, 0.1) is 0 Å². The zero-order valence-corrected chi connectivity index (χ0v) is 17.9. The molecule has 1 amide bonds. The van der Waals surface area contributed by atoms with Gasteiger partial charge in [-0.25, -0.2) is 0 Å². The van der Waals surface area contributed by atoms with Crippen molar-refractivity contribution in [1.29, 1.82) is 0 Å². The Morgan fingerprint density at radius 2 is 1.76 bits per heavy atom. The number of para-hydroxylation sites is 1. The maximum Gasteiger partial charge on any atom is 0.253 e. The van der Waals surface area contributed by atoms with E-state index in [2.05, 4.69) is 56.1 Å². The van der Waals surface area contributed by atoms with Crippen LogP contribution in [0.3, 0.4) is 0 Å². The van der Waals surface area contributed by atoms with Gasteiger partial charge in [0.25, 0.3) is 5.91 Å². The molecule has 0 aliphatic rings. The molecular weight excluding hydrogens is 428 g/mol. The van der Waals surface area contributed by atoms with Crippen molar-refractivity contribution in [2.24, 2.45) is 0 Å². The van der Waals surface area contributed by atoms with E-state index in [9.17, 15) is 4.79 Å². The maximum absolute atomic E-state index is 12.2. The van der Waals surface area contributed by atoms with Gasteiger partial charge in [-0.1, -0.05) is 48.5 Å². The maximum atomic E-state index is 12.2. The number of ether oxygens (including phenoxy) is 1. The minimum Gasteiger partial charge on any atom is -0.496 e. The van der Waals surface area contributed by atoms with Crippen molar-refractivity contribution in [3.63, 3.8) is 0 Å². The highest BCUT2D eigenvalue weighted by molar-refractivity contribution is 9.10. The molecule has 5 heteroatoms. The Kier molecular flexibility index (Phi) is 5.41. The fourth-order valence-corrected chi connectivity index (χ4v) is 4.08. The first-order chi connectivity index (χ1) is 14.1. The summed E-state index contributed by atoms with van der Waals surface area (Å²) in [6.07, 6.45) is 1.93. The molecule has 0 aliphatic carbocycles. The molecule has 4 aromatic rings. The molecule has 0 bridgehead atoms. The highest BCUT2D eigenvalue weighted by atomic mass is 79.9. The Labute approximate surface area is 178 Å². The van der Waals surface area contributed by atoms with E-state index in [0.29, 0.717) is 12.1 Å². The SMILES string of the molecule is CNC(=O)c1cn(Cc2ccc(-c3ccc(OC)c(Br)c3)cc2)c2ccccc12. The summed E-state index contributed by atoms with van der Waals surface area (Å²) in [4.78, 5) is 12.2. The molecule has 0 atom stereocenters. The summed E-state index contributed by atoms with van der Waals surface area (Å²) in [5.41, 5.74) is 5.18. The van der Waals surface area contributed by atoms with E-state index < -0.39 is 0 Å². The van der Waals surface area contributed by atoms with Crippen LogP contribution in [-0.4, -0.2) is 24.6 Å². The first-order valence-electron chi connectivity index (χ1n) is 9.33. The van der Waals surface area contributed by atoms with Gasteiger partial charge in [0.2, 0.25) is 0 Å². The molecule has 0 unspecified atom stereocenters. The number of hydrogen-bond donors (Lipinski definition) is 1. The Hall–Kier alpha value is -3.05. The van der Waals surface area contributed by atoms with E-state index in [1.807, 2.05) is 42.6 Å². The number of amides is 1. The van der Waals surface area contributed by atoms with Gasteiger partial charge >= 0.3 is 0 Å². The monoisotopic (exact) mass is 448 g/mol. The average Bonchev–Trinajstić information content (AvgIpc) is 3.12. The van der Waals surface area contributed by atoms with Crippen LogP contribution >= 0.6 is 15.9 Å². The second-order valence-electron chi connectivity index (χ2n) is 6.81. The van der Waals surface area contributed by atoms with Gasteiger partial charge in [-0.3, -0.25) is 4.79 Å². The number of nitrogens with zero attached hydrogens (tertiary/aromatic N) is 1. The van der Waals surface area contributed by atoms with Crippen molar-refractivity contribution in [3.05, 3.63) is 88.5 Å². The second kappa shape index (κ2) is 8.13. The van der Waals surface area contributed by atoms with E-state index in [1.54, 1.807) is 14.2 Å². The summed E-state index contributed by atoms with van der Waals surface area (Å²) >= 11 is 3.55. The molecule has 0 fully saturated rings. The van der Waals surface area contributed by atoms with E-state index in [4.69, 9.17) is 4.74 Å². The van der Waals surface area contributed by atoms with Crippen molar-refractivity contribution in [2.75, 3.05) is 14.2 Å². The lowest BCUT2D eigenvalue weighted by atomic mass is 10.0. The zero-order chi connectivity index (χ0) is 20.4. The van der Waals surface area contributed by atoms with Crippen LogP contribution in [0.2, 0.25) is 0 Å². The first-order valence-corrected chi connectivity index (χ1v) is 10.1. The second-order valence-corrected chi connectivity index (χ2v) is 7.67. The van der Waals surface area contributed by atoms with Crippen LogP contribution in [0.4, 0.5) is 0 Å². The van der Waals surface area contributed by atoms with Crippen molar-refractivity contribution < 1.29 is 9.53 Å².